The molecule has 2 aromatic carbocycles. The van der Waals surface area contributed by atoms with E-state index in [-0.39, 0.29) is 12.0 Å². The molecule has 0 spiro atoms. The van der Waals surface area contributed by atoms with Gasteiger partial charge in [-0.05, 0) is 63.8 Å². The van der Waals surface area contributed by atoms with Gasteiger partial charge in [0.1, 0.15) is 5.60 Å². The van der Waals surface area contributed by atoms with Crippen LogP contribution in [-0.2, 0) is 14.8 Å². The Morgan fingerprint density at radius 3 is 2.38 bits per heavy atom. The molecule has 0 saturated carbocycles. The van der Waals surface area contributed by atoms with E-state index in [0.29, 0.717) is 25.1 Å². The van der Waals surface area contributed by atoms with Crippen molar-refractivity contribution in [1.29, 1.82) is 5.26 Å². The van der Waals surface area contributed by atoms with Crippen LogP contribution in [0.5, 0.6) is 0 Å². The molecule has 1 aliphatic rings. The zero-order valence-corrected chi connectivity index (χ0v) is 21.2. The molecule has 0 radical (unpaired) electrons. The number of carbonyl (C=O) groups excluding carboxylic acids is 1. The molecule has 1 N–H and O–H groups in total. The molecular formula is C26H33N3O4S. The fourth-order valence-electron chi connectivity index (χ4n) is 4.01. The summed E-state index contributed by atoms with van der Waals surface area (Å²) < 4.78 is 33.7. The predicted molar refractivity (Wildman–Crippen MR) is 133 cm³/mol. The molecule has 3 rings (SSSR count). The Bertz CT molecular complexity index is 1160. The van der Waals surface area contributed by atoms with Gasteiger partial charge in [0.05, 0.1) is 16.9 Å². The fourth-order valence-corrected chi connectivity index (χ4v) is 4.99. The van der Waals surface area contributed by atoms with Crippen molar-refractivity contribution in [3.05, 3.63) is 59.7 Å². The van der Waals surface area contributed by atoms with Crippen molar-refractivity contribution in [2.45, 2.75) is 63.9 Å². The SMILES string of the molecule is CC(C)S(=O)(=O)N[C@H]1CCN(C(=O)OC(C)(C)C)C[C@@H]1c1ccc(-c2ccccc2C#N)cc1. The molecule has 1 amide bonds. The van der Waals surface area contributed by atoms with Gasteiger partial charge in [-0.15, -0.1) is 0 Å². The number of amides is 1. The number of nitriles is 1. The van der Waals surface area contributed by atoms with E-state index in [1.165, 1.54) is 0 Å². The van der Waals surface area contributed by atoms with Gasteiger partial charge < -0.3 is 9.64 Å². The molecule has 2 aromatic rings. The van der Waals surface area contributed by atoms with Crippen LogP contribution in [0.15, 0.2) is 48.5 Å². The third-order valence-electron chi connectivity index (χ3n) is 5.90. The van der Waals surface area contributed by atoms with Crippen LogP contribution in [-0.4, -0.2) is 49.4 Å². The molecule has 0 aromatic heterocycles. The molecule has 2 atom stereocenters. The van der Waals surface area contributed by atoms with Crippen LogP contribution in [0.4, 0.5) is 4.79 Å². The topological polar surface area (TPSA) is 99.5 Å². The summed E-state index contributed by atoms with van der Waals surface area (Å²) in [5.41, 5.74) is 2.64. The molecule has 1 aliphatic heterocycles. The van der Waals surface area contributed by atoms with Gasteiger partial charge in [0.15, 0.2) is 0 Å². The number of rotatable bonds is 5. The highest BCUT2D eigenvalue weighted by Crippen LogP contribution is 2.32. The van der Waals surface area contributed by atoms with Crippen molar-refractivity contribution in [2.75, 3.05) is 13.1 Å². The molecule has 34 heavy (non-hydrogen) atoms. The molecule has 7 nitrogen and oxygen atoms in total. The van der Waals surface area contributed by atoms with Crippen molar-refractivity contribution >= 4 is 16.1 Å². The number of piperidine rings is 1. The number of ether oxygens (including phenoxy) is 1. The van der Waals surface area contributed by atoms with Crippen molar-refractivity contribution in [3.8, 4) is 17.2 Å². The van der Waals surface area contributed by atoms with E-state index in [9.17, 15) is 18.5 Å². The first-order chi connectivity index (χ1) is 15.9. The highest BCUT2D eigenvalue weighted by Gasteiger charge is 2.37. The van der Waals surface area contributed by atoms with Crippen LogP contribution in [0.2, 0.25) is 0 Å². The maximum Gasteiger partial charge on any atom is 0.410 e. The van der Waals surface area contributed by atoms with Gasteiger partial charge in [-0.2, -0.15) is 5.26 Å². The maximum atomic E-state index is 12.7. The Labute approximate surface area is 202 Å². The van der Waals surface area contributed by atoms with E-state index in [1.807, 2.05) is 63.2 Å². The Morgan fingerprint density at radius 1 is 1.15 bits per heavy atom. The molecule has 0 aliphatic carbocycles. The summed E-state index contributed by atoms with van der Waals surface area (Å²) in [7, 11) is -3.49. The molecule has 8 heteroatoms. The van der Waals surface area contributed by atoms with E-state index < -0.39 is 27.0 Å². The summed E-state index contributed by atoms with van der Waals surface area (Å²) >= 11 is 0. The summed E-state index contributed by atoms with van der Waals surface area (Å²) in [6.07, 6.45) is 0.0803. The summed E-state index contributed by atoms with van der Waals surface area (Å²) in [4.78, 5) is 14.4. The van der Waals surface area contributed by atoms with Gasteiger partial charge in [0.2, 0.25) is 10.0 Å². The fraction of sp³-hybridized carbons (Fsp3) is 0.462. The largest absolute Gasteiger partial charge is 0.444 e. The predicted octanol–water partition coefficient (Wildman–Crippen LogP) is 4.65. The van der Waals surface area contributed by atoms with Gasteiger partial charge in [0, 0.05) is 25.0 Å². The number of sulfonamides is 1. The van der Waals surface area contributed by atoms with Crippen molar-refractivity contribution in [2.24, 2.45) is 0 Å². The minimum atomic E-state index is -3.49. The lowest BCUT2D eigenvalue weighted by Gasteiger charge is -2.39. The molecule has 0 bridgehead atoms. The summed E-state index contributed by atoms with van der Waals surface area (Å²) in [5.74, 6) is -0.241. The third-order valence-corrected chi connectivity index (χ3v) is 7.77. The Morgan fingerprint density at radius 2 is 1.79 bits per heavy atom. The van der Waals surface area contributed by atoms with Crippen LogP contribution < -0.4 is 4.72 Å². The van der Waals surface area contributed by atoms with E-state index >= 15 is 0 Å². The van der Waals surface area contributed by atoms with Crippen molar-refractivity contribution in [1.82, 2.24) is 9.62 Å². The summed E-state index contributed by atoms with van der Waals surface area (Å²) in [5, 5.41) is 8.87. The van der Waals surface area contributed by atoms with E-state index in [0.717, 1.165) is 16.7 Å². The van der Waals surface area contributed by atoms with Crippen LogP contribution in [0.1, 0.15) is 58.1 Å². The monoisotopic (exact) mass is 483 g/mol. The zero-order chi connectivity index (χ0) is 25.1. The second-order valence-corrected chi connectivity index (χ2v) is 12.2. The quantitative estimate of drug-likeness (QED) is 0.668. The van der Waals surface area contributed by atoms with Gasteiger partial charge >= 0.3 is 6.09 Å². The second-order valence-electron chi connectivity index (χ2n) is 9.92. The number of hydrogen-bond donors (Lipinski definition) is 1. The average Bonchev–Trinajstić information content (AvgIpc) is 2.78. The van der Waals surface area contributed by atoms with Crippen molar-refractivity contribution < 1.29 is 17.9 Å². The van der Waals surface area contributed by atoms with Crippen LogP contribution in [0.3, 0.4) is 0 Å². The van der Waals surface area contributed by atoms with E-state index in [4.69, 9.17) is 4.74 Å². The van der Waals surface area contributed by atoms with Crippen LogP contribution in [0, 0.1) is 11.3 Å². The number of benzene rings is 2. The Hall–Kier alpha value is -2.89. The molecule has 182 valence electrons. The third kappa shape index (κ3) is 6.16. The normalized spacial score (nSPS) is 19.0. The lowest BCUT2D eigenvalue weighted by Crippen LogP contribution is -2.53. The number of likely N-dealkylation sites (tertiary alicyclic amines) is 1. The zero-order valence-electron chi connectivity index (χ0n) is 20.4. The maximum absolute atomic E-state index is 12.7. The van der Waals surface area contributed by atoms with E-state index in [2.05, 4.69) is 10.8 Å². The lowest BCUT2D eigenvalue weighted by atomic mass is 9.85. The molecule has 0 unspecified atom stereocenters. The second kappa shape index (κ2) is 10.2. The molecule has 1 saturated heterocycles. The number of carbonyl (C=O) groups is 1. The van der Waals surface area contributed by atoms with Gasteiger partial charge in [-0.1, -0.05) is 42.5 Å². The summed E-state index contributed by atoms with van der Waals surface area (Å²) in [6.45, 7) is 9.51. The molecule has 1 heterocycles. The van der Waals surface area contributed by atoms with Gasteiger partial charge in [-0.3, -0.25) is 0 Å². The number of hydrogen-bond acceptors (Lipinski definition) is 5. The Balaban J connectivity index is 1.91. The smallest absolute Gasteiger partial charge is 0.410 e. The standard InChI is InChI=1S/C26H33N3O4S/c1-18(2)34(31,32)28-24-14-15-29(25(30)33-26(3,4)5)17-23(24)20-12-10-19(11-13-20)22-9-7-6-8-21(22)16-27/h6-13,18,23-24,28H,14-15,17H2,1-5H3/t23-,24+/m1/s1. The summed E-state index contributed by atoms with van der Waals surface area (Å²) in [6, 6.07) is 17.0. The highest BCUT2D eigenvalue weighted by molar-refractivity contribution is 7.90. The van der Waals surface area contributed by atoms with Crippen LogP contribution in [0.25, 0.3) is 11.1 Å². The molecular weight excluding hydrogens is 450 g/mol. The number of nitrogens with zero attached hydrogens (tertiary/aromatic N) is 2. The highest BCUT2D eigenvalue weighted by atomic mass is 32.2. The van der Waals surface area contributed by atoms with Gasteiger partial charge in [-0.25, -0.2) is 17.9 Å². The molecule has 1 fully saturated rings. The van der Waals surface area contributed by atoms with Gasteiger partial charge in [0.25, 0.3) is 0 Å². The first-order valence-electron chi connectivity index (χ1n) is 11.5. The van der Waals surface area contributed by atoms with E-state index in [1.54, 1.807) is 24.8 Å². The lowest BCUT2D eigenvalue weighted by molar-refractivity contribution is 0.0182. The Kier molecular flexibility index (Phi) is 7.69. The van der Waals surface area contributed by atoms with Crippen molar-refractivity contribution in [3.63, 3.8) is 0 Å². The number of nitrogens with one attached hydrogen (secondary N) is 1. The first-order valence-corrected chi connectivity index (χ1v) is 13.0. The first kappa shape index (κ1) is 25.7. The minimum Gasteiger partial charge on any atom is -0.444 e. The average molecular weight is 484 g/mol. The minimum absolute atomic E-state index is 0.241. The van der Waals surface area contributed by atoms with Crippen LogP contribution >= 0.6 is 0 Å².